The van der Waals surface area contributed by atoms with E-state index >= 15 is 0 Å². The molecule has 0 bridgehead atoms. The minimum atomic E-state index is -6.60. The highest BCUT2D eigenvalue weighted by Gasteiger charge is 2.74. The number of rotatable bonds is 2. The van der Waals surface area contributed by atoms with Gasteiger partial charge in [-0.3, -0.25) is 0 Å². The predicted octanol–water partition coefficient (Wildman–Crippen LogP) is 2.98. The first-order valence-electron chi connectivity index (χ1n) is 2.51. The average molecular weight is 212 g/mol. The second kappa shape index (κ2) is 2.85. The van der Waals surface area contributed by atoms with Gasteiger partial charge in [-0.15, -0.1) is 0 Å². The Bertz CT molecular complexity index is 211. The van der Waals surface area contributed by atoms with Gasteiger partial charge in [0, 0.05) is 6.58 Å². The van der Waals surface area contributed by atoms with Gasteiger partial charge in [0.15, 0.2) is 5.83 Å². The Balaban J connectivity index is 5.16. The molecule has 13 heavy (non-hydrogen) atoms. The van der Waals surface area contributed by atoms with Crippen molar-refractivity contribution in [2.75, 3.05) is 0 Å². The fourth-order valence-corrected chi connectivity index (χ4v) is 0.316. The smallest absolute Gasteiger partial charge is 0.204 e. The van der Waals surface area contributed by atoms with Crippen molar-refractivity contribution in [3.8, 4) is 0 Å². The van der Waals surface area contributed by atoms with Crippen LogP contribution in [0.15, 0.2) is 5.83 Å². The molecule has 0 saturated heterocycles. The van der Waals surface area contributed by atoms with Crippen molar-refractivity contribution in [2.45, 2.75) is 18.0 Å². The van der Waals surface area contributed by atoms with Gasteiger partial charge in [-0.05, 0) is 0 Å². The second-order valence-electron chi connectivity index (χ2n) is 1.96. The molecule has 0 rings (SSSR count). The molecule has 0 unspecified atom stereocenters. The topological polar surface area (TPSA) is 0 Å². The quantitative estimate of drug-likeness (QED) is 0.617. The minimum absolute atomic E-state index is 3.53. The third-order valence-electron chi connectivity index (χ3n) is 1.03. The normalized spacial score (nSPS) is 14.5. The van der Waals surface area contributed by atoms with E-state index in [2.05, 4.69) is 0 Å². The third-order valence-corrected chi connectivity index (χ3v) is 1.03. The van der Waals surface area contributed by atoms with E-state index in [9.17, 15) is 35.1 Å². The molecule has 0 amide bonds. The zero-order valence-electron chi connectivity index (χ0n) is 5.52. The molecule has 0 atom stereocenters. The van der Waals surface area contributed by atoms with Crippen LogP contribution in [0.4, 0.5) is 35.1 Å². The minimum Gasteiger partial charge on any atom is -0.204 e. The van der Waals surface area contributed by atoms with Crippen LogP contribution in [0, 0.1) is 6.58 Å². The maximum atomic E-state index is 11.8. The monoisotopic (exact) mass is 212 g/mol. The summed E-state index contributed by atoms with van der Waals surface area (Å²) >= 11 is 0. The summed E-state index contributed by atoms with van der Waals surface area (Å²) in [5.41, 5.74) is 0. The van der Waals surface area contributed by atoms with Crippen LogP contribution in [0.5, 0.6) is 0 Å². The van der Waals surface area contributed by atoms with E-state index in [1.54, 1.807) is 0 Å². The Labute approximate surface area is 66.8 Å². The first-order valence-corrected chi connectivity index (χ1v) is 2.51. The molecule has 0 aromatic heterocycles. The highest BCUT2D eigenvalue weighted by atomic mass is 19.4. The molecule has 0 fully saturated rings. The van der Waals surface area contributed by atoms with E-state index in [1.165, 1.54) is 0 Å². The van der Waals surface area contributed by atoms with Crippen molar-refractivity contribution in [1.29, 1.82) is 0 Å². The van der Waals surface area contributed by atoms with Crippen molar-refractivity contribution >= 4 is 0 Å². The lowest BCUT2D eigenvalue weighted by Gasteiger charge is -2.26. The van der Waals surface area contributed by atoms with Gasteiger partial charge in [0.05, 0.1) is 0 Å². The summed E-state index contributed by atoms with van der Waals surface area (Å²) in [5, 5.41) is 0. The highest BCUT2D eigenvalue weighted by Crippen LogP contribution is 2.49. The molecular weight excluding hydrogens is 212 g/mol. The third kappa shape index (κ3) is 1.75. The Morgan fingerprint density at radius 2 is 1.15 bits per heavy atom. The zero-order chi connectivity index (χ0) is 11.1. The number of allylic oxidation sites excluding steroid dienone is 1. The van der Waals surface area contributed by atoms with Gasteiger partial charge >= 0.3 is 18.0 Å². The highest BCUT2D eigenvalue weighted by molar-refractivity contribution is 5.07. The molecule has 0 aromatic carbocycles. The molecule has 0 saturated carbocycles. The first kappa shape index (κ1) is 12.2. The van der Waals surface area contributed by atoms with Crippen LogP contribution in [0.2, 0.25) is 0 Å². The lowest BCUT2D eigenvalue weighted by atomic mass is 10.1. The number of hydrogen-bond donors (Lipinski definition) is 0. The molecule has 0 aliphatic heterocycles. The van der Waals surface area contributed by atoms with Crippen LogP contribution in [0.3, 0.4) is 0 Å². The summed E-state index contributed by atoms with van der Waals surface area (Å²) < 4.78 is 91.9. The Kier molecular flexibility index (Phi) is 2.67. The van der Waals surface area contributed by atoms with Gasteiger partial charge in [0.1, 0.15) is 0 Å². The average Bonchev–Trinajstić information content (AvgIpc) is 1.84. The Hall–Kier alpha value is -0.820. The molecule has 8 heteroatoms. The van der Waals surface area contributed by atoms with Crippen LogP contribution in [0.25, 0.3) is 0 Å². The van der Waals surface area contributed by atoms with E-state index in [0.29, 0.717) is 0 Å². The van der Waals surface area contributed by atoms with Crippen LogP contribution < -0.4 is 0 Å². The van der Waals surface area contributed by atoms with Gasteiger partial charge in [-0.25, -0.2) is 4.39 Å². The van der Waals surface area contributed by atoms with E-state index in [4.69, 9.17) is 6.58 Å². The molecule has 0 aromatic rings. The maximum Gasteiger partial charge on any atom is 0.460 e. The summed E-state index contributed by atoms with van der Waals surface area (Å²) in [6, 6.07) is 0. The first-order chi connectivity index (χ1) is 5.44. The molecule has 0 N–H and O–H groups in total. The lowest BCUT2D eigenvalue weighted by Crippen LogP contribution is -2.52. The van der Waals surface area contributed by atoms with E-state index in [1.807, 2.05) is 0 Å². The number of halogens is 8. The molecule has 0 nitrogen and oxygen atoms in total. The van der Waals surface area contributed by atoms with Crippen molar-refractivity contribution in [2.24, 2.45) is 0 Å². The van der Waals surface area contributed by atoms with Crippen molar-refractivity contribution in [1.82, 2.24) is 0 Å². The Morgan fingerprint density at radius 3 is 1.23 bits per heavy atom. The van der Waals surface area contributed by atoms with Crippen LogP contribution in [-0.4, -0.2) is 18.0 Å². The van der Waals surface area contributed by atoms with Gasteiger partial charge in [0.2, 0.25) is 0 Å². The molecule has 0 spiro atoms. The van der Waals surface area contributed by atoms with Crippen LogP contribution in [-0.2, 0) is 0 Å². The molecule has 0 aliphatic carbocycles. The van der Waals surface area contributed by atoms with E-state index in [-0.39, 0.29) is 0 Å². The van der Waals surface area contributed by atoms with E-state index < -0.39 is 23.8 Å². The fraction of sp³-hybridized carbons (Fsp3) is 0.600. The summed E-state index contributed by atoms with van der Waals surface area (Å²) in [6.07, 6.45) is -6.60. The molecule has 76 valence electrons. The van der Waals surface area contributed by atoms with Gasteiger partial charge in [-0.2, -0.15) is 30.7 Å². The zero-order valence-corrected chi connectivity index (χ0v) is 5.52. The summed E-state index contributed by atoms with van der Waals surface area (Å²) in [6.45, 7) is 5.44. The Morgan fingerprint density at radius 1 is 0.846 bits per heavy atom. The molecule has 2 radical (unpaired) electrons. The van der Waals surface area contributed by atoms with Crippen molar-refractivity contribution in [3.05, 3.63) is 12.4 Å². The predicted molar refractivity (Wildman–Crippen MR) is 23.8 cm³/mol. The van der Waals surface area contributed by atoms with Crippen molar-refractivity contribution < 1.29 is 35.1 Å². The second-order valence-corrected chi connectivity index (χ2v) is 1.96. The number of alkyl halides is 7. The molecular formula is C5F8. The largest absolute Gasteiger partial charge is 0.460 e. The summed E-state index contributed by atoms with van der Waals surface area (Å²) in [4.78, 5) is 0. The van der Waals surface area contributed by atoms with Crippen molar-refractivity contribution in [3.63, 3.8) is 0 Å². The van der Waals surface area contributed by atoms with Crippen LogP contribution in [0.1, 0.15) is 0 Å². The number of hydrogen-bond acceptors (Lipinski definition) is 0. The summed E-state index contributed by atoms with van der Waals surface area (Å²) in [5.74, 6) is -16.3. The standard InChI is InChI=1S/C5F8/c1-2(6)3(7,8)4(9,10)5(11,12)13. The fourth-order valence-electron chi connectivity index (χ4n) is 0.316. The van der Waals surface area contributed by atoms with Gasteiger partial charge in [0.25, 0.3) is 0 Å². The van der Waals surface area contributed by atoms with Gasteiger partial charge < -0.3 is 0 Å². The maximum absolute atomic E-state index is 11.8. The van der Waals surface area contributed by atoms with Crippen LogP contribution >= 0.6 is 0 Å². The van der Waals surface area contributed by atoms with E-state index in [0.717, 1.165) is 0 Å². The van der Waals surface area contributed by atoms with Gasteiger partial charge in [-0.1, -0.05) is 0 Å². The SMILES string of the molecule is [C]=C(F)C(F)(F)C(F)(F)C(F)(F)F. The molecule has 0 aliphatic rings. The summed E-state index contributed by atoms with van der Waals surface area (Å²) in [7, 11) is 0. The molecule has 0 heterocycles. The lowest BCUT2D eigenvalue weighted by molar-refractivity contribution is -0.347.